The number of halogens is 1. The monoisotopic (exact) mass is 228 g/mol. The Labute approximate surface area is 79.1 Å². The van der Waals surface area contributed by atoms with Gasteiger partial charge in [-0.1, -0.05) is 6.08 Å². The van der Waals surface area contributed by atoms with Crippen molar-refractivity contribution in [3.8, 4) is 0 Å². The summed E-state index contributed by atoms with van der Waals surface area (Å²) < 4.78 is 5.28. The molecule has 3 rings (SSSR count). The average Bonchev–Trinajstić information content (AvgIpc) is 2.47. The van der Waals surface area contributed by atoms with Crippen LogP contribution in [0.4, 0.5) is 0 Å². The van der Waals surface area contributed by atoms with Gasteiger partial charge >= 0.3 is 0 Å². The number of carbonyl (C=O) groups excluding carboxylic acids is 1. The summed E-state index contributed by atoms with van der Waals surface area (Å²) in [4.78, 5) is 11.7. The van der Waals surface area contributed by atoms with E-state index in [-0.39, 0.29) is 17.9 Å². The molecule has 2 fully saturated rings. The van der Waals surface area contributed by atoms with Gasteiger partial charge in [-0.2, -0.15) is 0 Å². The fourth-order valence-corrected chi connectivity index (χ4v) is 3.36. The highest BCUT2D eigenvalue weighted by atomic mass is 79.9. The maximum Gasteiger partial charge on any atom is 0.151 e. The lowest BCUT2D eigenvalue weighted by Gasteiger charge is -2.33. The molecular weight excluding hydrogens is 220 g/mol. The Balaban J connectivity index is 2.13. The van der Waals surface area contributed by atoms with Gasteiger partial charge < -0.3 is 4.74 Å². The normalized spacial score (nSPS) is 55.1. The van der Waals surface area contributed by atoms with Crippen molar-refractivity contribution in [1.82, 2.24) is 0 Å². The average molecular weight is 229 g/mol. The SMILES string of the molecule is O=C1C2CCC1C1(Br)C=CC2O1. The van der Waals surface area contributed by atoms with Crippen molar-refractivity contribution in [2.75, 3.05) is 0 Å². The predicted octanol–water partition coefficient (Wildman–Crippen LogP) is 1.64. The van der Waals surface area contributed by atoms with Gasteiger partial charge in [0.1, 0.15) is 5.78 Å². The Hall–Kier alpha value is -0.150. The predicted molar refractivity (Wildman–Crippen MR) is 46.9 cm³/mol. The molecule has 3 aliphatic rings. The van der Waals surface area contributed by atoms with Crippen LogP contribution >= 0.6 is 15.9 Å². The standard InChI is InChI=1S/C9H9BrO2/c10-9-4-3-7(12-9)5-1-2-6(9)8(5)11/h3-7H,1-2H2. The molecule has 0 N–H and O–H groups in total. The van der Waals surface area contributed by atoms with E-state index < -0.39 is 4.51 Å². The first-order valence-electron chi connectivity index (χ1n) is 4.30. The summed E-state index contributed by atoms with van der Waals surface area (Å²) >= 11 is 3.50. The van der Waals surface area contributed by atoms with Crippen molar-refractivity contribution in [2.24, 2.45) is 11.8 Å². The zero-order chi connectivity index (χ0) is 8.34. The minimum Gasteiger partial charge on any atom is -0.351 e. The molecule has 0 aromatic heterocycles. The molecule has 64 valence electrons. The first kappa shape index (κ1) is 7.27. The quantitative estimate of drug-likeness (QED) is 0.466. The Morgan fingerprint density at radius 1 is 1.58 bits per heavy atom. The van der Waals surface area contributed by atoms with E-state index in [1.54, 1.807) is 0 Å². The van der Waals surface area contributed by atoms with Gasteiger partial charge in [-0.15, -0.1) is 0 Å². The first-order valence-corrected chi connectivity index (χ1v) is 5.10. The van der Waals surface area contributed by atoms with Gasteiger partial charge in [-0.25, -0.2) is 0 Å². The van der Waals surface area contributed by atoms with Gasteiger partial charge in [0.15, 0.2) is 4.51 Å². The second kappa shape index (κ2) is 2.02. The van der Waals surface area contributed by atoms with E-state index >= 15 is 0 Å². The van der Waals surface area contributed by atoms with Crippen molar-refractivity contribution in [3.05, 3.63) is 12.2 Å². The van der Waals surface area contributed by atoms with E-state index in [9.17, 15) is 4.79 Å². The molecule has 0 spiro atoms. The maximum absolute atomic E-state index is 11.7. The molecule has 2 aliphatic heterocycles. The van der Waals surface area contributed by atoms with Crippen molar-refractivity contribution in [1.29, 1.82) is 0 Å². The molecule has 4 unspecified atom stereocenters. The number of rotatable bonds is 0. The van der Waals surface area contributed by atoms with E-state index in [1.807, 2.05) is 12.2 Å². The zero-order valence-electron chi connectivity index (χ0n) is 6.50. The fourth-order valence-electron chi connectivity index (χ4n) is 2.53. The van der Waals surface area contributed by atoms with Crippen LogP contribution in [0.5, 0.6) is 0 Å². The third kappa shape index (κ3) is 0.673. The zero-order valence-corrected chi connectivity index (χ0v) is 8.08. The Bertz CT molecular complexity index is 286. The van der Waals surface area contributed by atoms with Gasteiger partial charge in [0.25, 0.3) is 0 Å². The molecule has 0 amide bonds. The van der Waals surface area contributed by atoms with E-state index in [0.717, 1.165) is 12.8 Å². The van der Waals surface area contributed by atoms with Crippen LogP contribution in [0.25, 0.3) is 0 Å². The summed E-state index contributed by atoms with van der Waals surface area (Å²) in [5.41, 5.74) is 0. The fraction of sp³-hybridized carbons (Fsp3) is 0.667. The van der Waals surface area contributed by atoms with Gasteiger partial charge in [0, 0.05) is 5.92 Å². The van der Waals surface area contributed by atoms with Crippen molar-refractivity contribution >= 4 is 21.7 Å². The Kier molecular flexibility index (Phi) is 1.22. The molecule has 0 aromatic rings. The van der Waals surface area contributed by atoms with E-state index in [4.69, 9.17) is 4.74 Å². The van der Waals surface area contributed by atoms with Gasteiger partial charge in [0.05, 0.1) is 12.0 Å². The minimum absolute atomic E-state index is 0.0515. The molecular formula is C9H9BrO2. The topological polar surface area (TPSA) is 26.3 Å². The number of fused-ring (bicyclic) bond motifs is 6. The molecule has 0 aromatic carbocycles. The number of Topliss-reactive ketones (excluding diaryl/α,β-unsaturated/α-hetero) is 1. The second-order valence-corrected chi connectivity index (χ2v) is 5.02. The van der Waals surface area contributed by atoms with Crippen molar-refractivity contribution in [2.45, 2.75) is 23.5 Å². The highest BCUT2D eigenvalue weighted by Gasteiger charge is 2.57. The maximum atomic E-state index is 11.7. The van der Waals surface area contributed by atoms with E-state index in [0.29, 0.717) is 5.78 Å². The molecule has 2 heterocycles. The summed E-state index contributed by atoms with van der Waals surface area (Å²) in [5, 5.41) is 0. The Morgan fingerprint density at radius 2 is 2.42 bits per heavy atom. The molecule has 0 radical (unpaired) electrons. The van der Waals surface area contributed by atoms with Gasteiger partial charge in [0.2, 0.25) is 0 Å². The molecule has 4 bridgehead atoms. The van der Waals surface area contributed by atoms with Crippen LogP contribution in [-0.2, 0) is 9.53 Å². The summed E-state index contributed by atoms with van der Waals surface area (Å²) in [5.74, 6) is 0.616. The molecule has 12 heavy (non-hydrogen) atoms. The van der Waals surface area contributed by atoms with E-state index in [2.05, 4.69) is 15.9 Å². The third-order valence-electron chi connectivity index (χ3n) is 3.18. The largest absolute Gasteiger partial charge is 0.351 e. The van der Waals surface area contributed by atoms with Crippen LogP contribution in [0.1, 0.15) is 12.8 Å². The number of hydrogen-bond donors (Lipinski definition) is 0. The van der Waals surface area contributed by atoms with Crippen LogP contribution in [0.2, 0.25) is 0 Å². The Morgan fingerprint density at radius 3 is 3.25 bits per heavy atom. The summed E-state index contributed by atoms with van der Waals surface area (Å²) in [6.45, 7) is 0. The van der Waals surface area contributed by atoms with Crippen molar-refractivity contribution in [3.63, 3.8) is 0 Å². The van der Waals surface area contributed by atoms with Crippen LogP contribution in [0.15, 0.2) is 12.2 Å². The van der Waals surface area contributed by atoms with Crippen LogP contribution in [0, 0.1) is 11.8 Å². The molecule has 2 nitrogen and oxygen atoms in total. The summed E-state index contributed by atoms with van der Waals surface area (Å²) in [6, 6.07) is 0. The molecule has 1 saturated carbocycles. The van der Waals surface area contributed by atoms with Gasteiger partial charge in [-0.05, 0) is 34.8 Å². The number of ether oxygens (including phenoxy) is 1. The molecule has 1 saturated heterocycles. The first-order chi connectivity index (χ1) is 5.71. The number of ketones is 1. The number of alkyl halides is 1. The lowest BCUT2D eigenvalue weighted by Crippen LogP contribution is -2.43. The lowest BCUT2D eigenvalue weighted by atomic mass is 9.95. The lowest BCUT2D eigenvalue weighted by molar-refractivity contribution is -0.140. The van der Waals surface area contributed by atoms with Gasteiger partial charge in [-0.3, -0.25) is 4.79 Å². The van der Waals surface area contributed by atoms with Crippen LogP contribution < -0.4 is 0 Å². The van der Waals surface area contributed by atoms with Crippen LogP contribution in [0.3, 0.4) is 0 Å². The second-order valence-electron chi connectivity index (χ2n) is 3.78. The summed E-state index contributed by atoms with van der Waals surface area (Å²) in [6.07, 6.45) is 6.06. The van der Waals surface area contributed by atoms with Crippen LogP contribution in [-0.4, -0.2) is 16.4 Å². The molecule has 4 atom stereocenters. The number of hydrogen-bond acceptors (Lipinski definition) is 2. The smallest absolute Gasteiger partial charge is 0.151 e. The molecule has 1 aliphatic carbocycles. The van der Waals surface area contributed by atoms with E-state index in [1.165, 1.54) is 0 Å². The molecule has 3 heteroatoms. The highest BCUT2D eigenvalue weighted by Crippen LogP contribution is 2.52. The minimum atomic E-state index is -0.443. The number of carbonyl (C=O) groups is 1. The van der Waals surface area contributed by atoms with Crippen molar-refractivity contribution < 1.29 is 9.53 Å². The summed E-state index contributed by atoms with van der Waals surface area (Å²) in [7, 11) is 0. The third-order valence-corrected chi connectivity index (χ3v) is 4.18. The highest BCUT2D eigenvalue weighted by molar-refractivity contribution is 9.10.